The van der Waals surface area contributed by atoms with E-state index in [-0.39, 0.29) is 11.9 Å². The topological polar surface area (TPSA) is 59.2 Å². The van der Waals surface area contributed by atoms with E-state index in [1.807, 2.05) is 32.2 Å². The Labute approximate surface area is 136 Å². The van der Waals surface area contributed by atoms with E-state index in [1.54, 1.807) is 16.2 Å². The second-order valence-corrected chi connectivity index (χ2v) is 6.44. The molecule has 118 valence electrons. The number of amides is 1. The fourth-order valence-electron chi connectivity index (χ4n) is 2.32. The van der Waals surface area contributed by atoms with Gasteiger partial charge in [0.05, 0.1) is 16.6 Å². The molecule has 0 aliphatic rings. The van der Waals surface area contributed by atoms with Gasteiger partial charge in [0, 0.05) is 19.0 Å². The van der Waals surface area contributed by atoms with Crippen LogP contribution in [0.1, 0.15) is 36.4 Å². The molecule has 1 heterocycles. The zero-order valence-corrected chi connectivity index (χ0v) is 14.2. The van der Waals surface area contributed by atoms with Crippen molar-refractivity contribution < 1.29 is 4.79 Å². The van der Waals surface area contributed by atoms with Gasteiger partial charge >= 0.3 is 0 Å². The Kier molecular flexibility index (Phi) is 5.69. The maximum absolute atomic E-state index is 12.2. The average molecular weight is 317 g/mol. The molecule has 0 aliphatic carbocycles. The van der Waals surface area contributed by atoms with Gasteiger partial charge in [-0.2, -0.15) is 0 Å². The number of benzene rings is 1. The third-order valence-corrected chi connectivity index (χ3v) is 5.18. The third-order valence-electron chi connectivity index (χ3n) is 3.80. The van der Waals surface area contributed by atoms with Crippen LogP contribution in [0.5, 0.6) is 0 Å². The van der Waals surface area contributed by atoms with Gasteiger partial charge in [-0.3, -0.25) is 4.79 Å². The van der Waals surface area contributed by atoms with E-state index in [4.69, 9.17) is 5.73 Å². The van der Waals surface area contributed by atoms with Crippen LogP contribution in [0.4, 0.5) is 0 Å². The first-order valence-corrected chi connectivity index (χ1v) is 8.34. The highest BCUT2D eigenvalue weighted by molar-refractivity contribution is 7.15. The fourth-order valence-corrected chi connectivity index (χ4v) is 3.49. The molecular formula is C17H23N3OS. The number of thiazole rings is 1. The molecule has 4 nitrogen and oxygen atoms in total. The van der Waals surface area contributed by atoms with Crippen molar-refractivity contribution in [1.29, 1.82) is 0 Å². The molecule has 0 saturated heterocycles. The lowest BCUT2D eigenvalue weighted by Gasteiger charge is -2.24. The van der Waals surface area contributed by atoms with E-state index in [0.29, 0.717) is 13.0 Å². The summed E-state index contributed by atoms with van der Waals surface area (Å²) in [5.41, 5.74) is 7.59. The predicted molar refractivity (Wildman–Crippen MR) is 91.8 cm³/mol. The van der Waals surface area contributed by atoms with Crippen LogP contribution in [-0.4, -0.2) is 29.4 Å². The number of hydrogen-bond acceptors (Lipinski definition) is 4. The molecule has 2 rings (SSSR count). The lowest BCUT2D eigenvalue weighted by Crippen LogP contribution is -2.29. The van der Waals surface area contributed by atoms with Crippen molar-refractivity contribution >= 4 is 17.2 Å². The predicted octanol–water partition coefficient (Wildman–Crippen LogP) is 3.38. The molecule has 0 saturated carbocycles. The maximum atomic E-state index is 12.2. The van der Waals surface area contributed by atoms with Crippen molar-refractivity contribution in [2.75, 3.05) is 13.6 Å². The van der Waals surface area contributed by atoms with Crippen molar-refractivity contribution in [2.24, 2.45) is 5.73 Å². The van der Waals surface area contributed by atoms with Crippen LogP contribution in [0.15, 0.2) is 30.3 Å². The molecule has 1 amide bonds. The smallest absolute Gasteiger partial charge is 0.222 e. The van der Waals surface area contributed by atoms with Gasteiger partial charge in [-0.25, -0.2) is 4.98 Å². The van der Waals surface area contributed by atoms with Gasteiger partial charge in [0.15, 0.2) is 0 Å². The number of aromatic nitrogens is 1. The second-order valence-electron chi connectivity index (χ2n) is 5.41. The number of nitrogens with two attached hydrogens (primary N) is 1. The van der Waals surface area contributed by atoms with E-state index >= 15 is 0 Å². The van der Waals surface area contributed by atoms with Gasteiger partial charge in [-0.1, -0.05) is 30.3 Å². The first-order chi connectivity index (χ1) is 10.5. The number of hydrogen-bond donors (Lipinski definition) is 1. The summed E-state index contributed by atoms with van der Waals surface area (Å²) < 4.78 is 0. The maximum Gasteiger partial charge on any atom is 0.222 e. The number of carbonyl (C=O) groups excluding carboxylic acids is 1. The summed E-state index contributed by atoms with van der Waals surface area (Å²) in [5.74, 6) is 0.131. The molecule has 5 heteroatoms. The quantitative estimate of drug-likeness (QED) is 0.888. The van der Waals surface area contributed by atoms with Crippen LogP contribution in [0.25, 0.3) is 10.6 Å². The van der Waals surface area contributed by atoms with Crippen molar-refractivity contribution in [2.45, 2.75) is 32.7 Å². The molecule has 1 aromatic heterocycles. The van der Waals surface area contributed by atoms with Gasteiger partial charge in [0.1, 0.15) is 5.01 Å². The monoisotopic (exact) mass is 317 g/mol. The Morgan fingerprint density at radius 3 is 2.68 bits per heavy atom. The van der Waals surface area contributed by atoms with Crippen molar-refractivity contribution in [3.05, 3.63) is 40.9 Å². The SMILES string of the molecule is Cc1nc(-c2ccccc2)sc1C(C)N(C)C(=O)CCCN. The Bertz CT molecular complexity index is 624. The molecule has 1 aromatic carbocycles. The first kappa shape index (κ1) is 16.6. The van der Waals surface area contributed by atoms with E-state index in [9.17, 15) is 4.79 Å². The summed E-state index contributed by atoms with van der Waals surface area (Å²) in [6.45, 7) is 4.61. The first-order valence-electron chi connectivity index (χ1n) is 7.53. The highest BCUT2D eigenvalue weighted by atomic mass is 32.1. The third kappa shape index (κ3) is 3.72. The van der Waals surface area contributed by atoms with E-state index < -0.39 is 0 Å². The molecule has 0 bridgehead atoms. The molecule has 22 heavy (non-hydrogen) atoms. The minimum Gasteiger partial charge on any atom is -0.338 e. The van der Waals surface area contributed by atoms with Crippen LogP contribution in [0, 0.1) is 6.92 Å². The van der Waals surface area contributed by atoms with Crippen molar-refractivity contribution in [3.63, 3.8) is 0 Å². The minimum atomic E-state index is 0.0280. The number of aryl methyl sites for hydroxylation is 1. The van der Waals surface area contributed by atoms with E-state index in [0.717, 1.165) is 27.6 Å². The molecule has 0 aliphatic heterocycles. The molecular weight excluding hydrogens is 294 g/mol. The second kappa shape index (κ2) is 7.51. The zero-order chi connectivity index (χ0) is 16.1. The van der Waals surface area contributed by atoms with Crippen LogP contribution in [-0.2, 0) is 4.79 Å². The molecule has 0 radical (unpaired) electrons. The lowest BCUT2D eigenvalue weighted by molar-refractivity contribution is -0.131. The molecule has 2 aromatic rings. The van der Waals surface area contributed by atoms with Crippen LogP contribution >= 0.6 is 11.3 Å². The van der Waals surface area contributed by atoms with Gasteiger partial charge in [-0.05, 0) is 26.8 Å². The molecule has 0 fully saturated rings. The average Bonchev–Trinajstić information content (AvgIpc) is 2.93. The Balaban J connectivity index is 2.18. The van der Waals surface area contributed by atoms with Gasteiger partial charge in [-0.15, -0.1) is 11.3 Å². The minimum absolute atomic E-state index is 0.0280. The number of rotatable bonds is 6. The normalized spacial score (nSPS) is 12.2. The van der Waals surface area contributed by atoms with Crippen LogP contribution in [0.2, 0.25) is 0 Å². The summed E-state index contributed by atoms with van der Waals surface area (Å²) in [7, 11) is 1.85. The highest BCUT2D eigenvalue weighted by Gasteiger charge is 2.21. The van der Waals surface area contributed by atoms with Crippen molar-refractivity contribution in [1.82, 2.24) is 9.88 Å². The fraction of sp³-hybridized carbons (Fsp3) is 0.412. The Hall–Kier alpha value is -1.72. The standard InChI is InChI=1S/C17H23N3OS/c1-12-16(13(2)20(3)15(21)10-7-11-18)22-17(19-12)14-8-5-4-6-9-14/h4-6,8-9,13H,7,10-11,18H2,1-3H3. The lowest BCUT2D eigenvalue weighted by atomic mass is 10.2. The molecule has 1 unspecified atom stereocenters. The van der Waals surface area contributed by atoms with Gasteiger partial charge in [0.2, 0.25) is 5.91 Å². The number of nitrogens with zero attached hydrogens (tertiary/aromatic N) is 2. The largest absolute Gasteiger partial charge is 0.338 e. The summed E-state index contributed by atoms with van der Waals surface area (Å²) in [4.78, 5) is 19.8. The summed E-state index contributed by atoms with van der Waals surface area (Å²) in [5, 5.41) is 1.00. The van der Waals surface area contributed by atoms with Crippen LogP contribution < -0.4 is 5.73 Å². The summed E-state index contributed by atoms with van der Waals surface area (Å²) in [6.07, 6.45) is 1.23. The Morgan fingerprint density at radius 2 is 2.05 bits per heavy atom. The van der Waals surface area contributed by atoms with E-state index in [2.05, 4.69) is 24.0 Å². The molecule has 1 atom stereocenters. The molecule has 2 N–H and O–H groups in total. The van der Waals surface area contributed by atoms with E-state index in [1.165, 1.54) is 0 Å². The summed E-state index contributed by atoms with van der Waals surface area (Å²) >= 11 is 1.66. The van der Waals surface area contributed by atoms with Crippen molar-refractivity contribution in [3.8, 4) is 10.6 Å². The zero-order valence-electron chi connectivity index (χ0n) is 13.4. The summed E-state index contributed by atoms with van der Waals surface area (Å²) in [6, 6.07) is 10.2. The van der Waals surface area contributed by atoms with Crippen LogP contribution in [0.3, 0.4) is 0 Å². The van der Waals surface area contributed by atoms with Gasteiger partial charge in [0.25, 0.3) is 0 Å². The van der Waals surface area contributed by atoms with Gasteiger partial charge < -0.3 is 10.6 Å². The molecule has 0 spiro atoms. The number of carbonyl (C=O) groups is 1. The highest BCUT2D eigenvalue weighted by Crippen LogP contribution is 2.33. The Morgan fingerprint density at radius 1 is 1.36 bits per heavy atom.